The van der Waals surface area contributed by atoms with Crippen LogP contribution in [0.3, 0.4) is 0 Å². The number of benzene rings is 2. The molecule has 1 aliphatic heterocycles. The quantitative estimate of drug-likeness (QED) is 0.253. The first-order valence-electron chi connectivity index (χ1n) is 10.8. The summed E-state index contributed by atoms with van der Waals surface area (Å²) in [5.74, 6) is 2.05. The minimum absolute atomic E-state index is 0. The van der Waals surface area contributed by atoms with Gasteiger partial charge in [-0.15, -0.1) is 24.0 Å². The van der Waals surface area contributed by atoms with Crippen molar-refractivity contribution in [1.82, 2.24) is 10.6 Å². The average molecular weight is 568 g/mol. The van der Waals surface area contributed by atoms with Crippen LogP contribution in [0.5, 0.6) is 5.75 Å². The van der Waals surface area contributed by atoms with Crippen LogP contribution >= 0.6 is 24.0 Å². The van der Waals surface area contributed by atoms with Crippen LogP contribution in [-0.2, 0) is 22.6 Å². The number of rotatable bonds is 8. The van der Waals surface area contributed by atoms with Gasteiger partial charge in [-0.3, -0.25) is 10.3 Å². The minimum atomic E-state index is -0.489. The molecule has 1 atom stereocenters. The number of ether oxygens (including phenoxy) is 3. The molecule has 180 valence electrons. The van der Waals surface area contributed by atoms with Crippen molar-refractivity contribution in [1.29, 1.82) is 0 Å². The molecule has 8 nitrogen and oxygen atoms in total. The molecule has 2 aromatic carbocycles. The second kappa shape index (κ2) is 13.9. The summed E-state index contributed by atoms with van der Waals surface area (Å²) in [7, 11) is 3.08. The number of aliphatic imine (C=N–C) groups is 1. The van der Waals surface area contributed by atoms with Crippen molar-refractivity contribution in [3.8, 4) is 5.75 Å². The molecule has 2 aromatic rings. The van der Waals surface area contributed by atoms with Crippen molar-refractivity contribution in [2.24, 2.45) is 10.9 Å². The Labute approximate surface area is 212 Å². The molecule has 1 saturated heterocycles. The summed E-state index contributed by atoms with van der Waals surface area (Å²) in [6.45, 7) is 5.52. The van der Waals surface area contributed by atoms with E-state index in [1.165, 1.54) is 12.7 Å². The highest BCUT2D eigenvalue weighted by Crippen LogP contribution is 2.22. The fraction of sp³-hybridized carbons (Fsp3) is 0.417. The molecular formula is C24H33IN4O4. The molecule has 3 rings (SSSR count). The summed E-state index contributed by atoms with van der Waals surface area (Å²) in [5.41, 5.74) is 3.98. The SMILES string of the molecule is CN=C(NCc1ccc(NC(=O)OC)cc1)NCc1ccc(C)cc1OCC1CCOC1.I. The van der Waals surface area contributed by atoms with Gasteiger partial charge in [0.1, 0.15) is 5.75 Å². The van der Waals surface area contributed by atoms with Crippen LogP contribution in [0.2, 0.25) is 0 Å². The predicted octanol–water partition coefficient (Wildman–Crippen LogP) is 4.07. The Morgan fingerprint density at radius 1 is 1.15 bits per heavy atom. The van der Waals surface area contributed by atoms with Crippen LogP contribution in [-0.4, -0.2) is 46.0 Å². The molecule has 1 unspecified atom stereocenters. The molecule has 9 heteroatoms. The summed E-state index contributed by atoms with van der Waals surface area (Å²) < 4.78 is 16.2. The number of methoxy groups -OCH3 is 1. The van der Waals surface area contributed by atoms with Crippen LogP contribution < -0.4 is 20.7 Å². The zero-order chi connectivity index (χ0) is 22.8. The topological polar surface area (TPSA) is 93.2 Å². The van der Waals surface area contributed by atoms with E-state index in [4.69, 9.17) is 9.47 Å². The van der Waals surface area contributed by atoms with E-state index < -0.39 is 6.09 Å². The highest BCUT2D eigenvalue weighted by atomic mass is 127. The lowest BCUT2D eigenvalue weighted by molar-refractivity contribution is 0.166. The van der Waals surface area contributed by atoms with Gasteiger partial charge in [0, 0.05) is 43.9 Å². The number of carbonyl (C=O) groups excluding carboxylic acids is 1. The lowest BCUT2D eigenvalue weighted by atomic mass is 10.1. The Hall–Kier alpha value is -2.53. The summed E-state index contributed by atoms with van der Waals surface area (Å²) in [5, 5.41) is 9.29. The van der Waals surface area contributed by atoms with E-state index >= 15 is 0 Å². The van der Waals surface area contributed by atoms with Gasteiger partial charge in [0.05, 0.1) is 20.3 Å². The molecule has 1 fully saturated rings. The number of hydrogen-bond acceptors (Lipinski definition) is 5. The lowest BCUT2D eigenvalue weighted by Crippen LogP contribution is -2.36. The van der Waals surface area contributed by atoms with E-state index in [1.54, 1.807) is 7.05 Å². The maximum absolute atomic E-state index is 11.3. The Morgan fingerprint density at radius 2 is 1.91 bits per heavy atom. The van der Waals surface area contributed by atoms with Gasteiger partial charge < -0.3 is 24.8 Å². The van der Waals surface area contributed by atoms with Crippen molar-refractivity contribution in [3.05, 3.63) is 59.2 Å². The zero-order valence-corrected chi connectivity index (χ0v) is 21.7. The molecule has 1 aliphatic rings. The normalized spacial score (nSPS) is 15.4. The van der Waals surface area contributed by atoms with Crippen molar-refractivity contribution < 1.29 is 19.0 Å². The van der Waals surface area contributed by atoms with Crippen LogP contribution in [0, 0.1) is 12.8 Å². The zero-order valence-electron chi connectivity index (χ0n) is 19.3. The van der Waals surface area contributed by atoms with Gasteiger partial charge in [-0.25, -0.2) is 4.79 Å². The number of hydrogen-bond donors (Lipinski definition) is 3. The Kier molecular flexibility index (Phi) is 11.2. The summed E-state index contributed by atoms with van der Waals surface area (Å²) in [4.78, 5) is 15.6. The third kappa shape index (κ3) is 8.73. The third-order valence-electron chi connectivity index (χ3n) is 5.24. The maximum atomic E-state index is 11.3. The Morgan fingerprint density at radius 3 is 2.58 bits per heavy atom. The smallest absolute Gasteiger partial charge is 0.411 e. The fourth-order valence-electron chi connectivity index (χ4n) is 3.32. The molecule has 0 aromatic heterocycles. The van der Waals surface area contributed by atoms with Gasteiger partial charge >= 0.3 is 6.09 Å². The molecule has 0 bridgehead atoms. The number of halogens is 1. The molecule has 0 radical (unpaired) electrons. The number of guanidine groups is 1. The van der Waals surface area contributed by atoms with Gasteiger partial charge in [-0.05, 0) is 42.7 Å². The first kappa shape index (κ1) is 26.7. The summed E-state index contributed by atoms with van der Waals surface area (Å²) >= 11 is 0. The van der Waals surface area contributed by atoms with E-state index in [0.717, 1.165) is 36.5 Å². The average Bonchev–Trinajstić information content (AvgIpc) is 3.33. The molecular weight excluding hydrogens is 535 g/mol. The third-order valence-corrected chi connectivity index (χ3v) is 5.24. The van der Waals surface area contributed by atoms with Gasteiger partial charge in [0.2, 0.25) is 0 Å². The Bertz CT molecular complexity index is 915. The van der Waals surface area contributed by atoms with Gasteiger partial charge in [-0.1, -0.05) is 24.3 Å². The highest BCUT2D eigenvalue weighted by molar-refractivity contribution is 14.0. The van der Waals surface area contributed by atoms with Crippen molar-refractivity contribution in [2.45, 2.75) is 26.4 Å². The van der Waals surface area contributed by atoms with Gasteiger partial charge in [0.15, 0.2) is 5.96 Å². The predicted molar refractivity (Wildman–Crippen MR) is 141 cm³/mol. The lowest BCUT2D eigenvalue weighted by Gasteiger charge is -2.17. The van der Waals surface area contributed by atoms with Crippen LogP contribution in [0.4, 0.5) is 10.5 Å². The monoisotopic (exact) mass is 568 g/mol. The van der Waals surface area contributed by atoms with Crippen LogP contribution in [0.1, 0.15) is 23.1 Å². The van der Waals surface area contributed by atoms with Crippen molar-refractivity contribution in [2.75, 3.05) is 39.3 Å². The van der Waals surface area contributed by atoms with Gasteiger partial charge in [-0.2, -0.15) is 0 Å². The summed E-state index contributed by atoms with van der Waals surface area (Å²) in [6.07, 6.45) is 0.562. The largest absolute Gasteiger partial charge is 0.493 e. The Balaban J connectivity index is 0.00000385. The maximum Gasteiger partial charge on any atom is 0.411 e. The van der Waals surface area contributed by atoms with E-state index in [-0.39, 0.29) is 24.0 Å². The number of nitrogens with one attached hydrogen (secondary N) is 3. The summed E-state index contributed by atoms with van der Waals surface area (Å²) in [6, 6.07) is 13.8. The standard InChI is InChI=1S/C24H32N4O4.HI/c1-17-4-7-20(22(12-17)32-16-19-10-11-31-15-19)14-27-23(25-2)26-13-18-5-8-21(9-6-18)28-24(29)30-3;/h4-9,12,19H,10-11,13-16H2,1-3H3,(H,28,29)(H2,25,26,27);1H. The second-order valence-corrected chi connectivity index (χ2v) is 7.74. The highest BCUT2D eigenvalue weighted by Gasteiger charge is 2.17. The van der Waals surface area contributed by atoms with Crippen molar-refractivity contribution in [3.63, 3.8) is 0 Å². The first-order chi connectivity index (χ1) is 15.6. The second-order valence-electron chi connectivity index (χ2n) is 7.74. The number of aryl methyl sites for hydroxylation is 1. The van der Waals surface area contributed by atoms with Crippen LogP contribution in [0.25, 0.3) is 0 Å². The van der Waals surface area contributed by atoms with E-state index in [2.05, 4.69) is 50.8 Å². The molecule has 0 spiro atoms. The number of anilines is 1. The molecule has 33 heavy (non-hydrogen) atoms. The molecule has 1 amide bonds. The number of amides is 1. The van der Waals surface area contributed by atoms with E-state index in [0.29, 0.717) is 37.3 Å². The first-order valence-corrected chi connectivity index (χ1v) is 10.8. The van der Waals surface area contributed by atoms with Gasteiger partial charge in [0.25, 0.3) is 0 Å². The van der Waals surface area contributed by atoms with Crippen LogP contribution in [0.15, 0.2) is 47.5 Å². The molecule has 0 aliphatic carbocycles. The van der Waals surface area contributed by atoms with E-state index in [9.17, 15) is 4.79 Å². The molecule has 3 N–H and O–H groups in total. The molecule has 0 saturated carbocycles. The molecule has 1 heterocycles. The van der Waals surface area contributed by atoms with E-state index in [1.807, 2.05) is 24.3 Å². The fourth-order valence-corrected chi connectivity index (χ4v) is 3.32. The minimum Gasteiger partial charge on any atom is -0.493 e. The number of nitrogens with zero attached hydrogens (tertiary/aromatic N) is 1. The number of carbonyl (C=O) groups is 1. The van der Waals surface area contributed by atoms with Crippen molar-refractivity contribution >= 4 is 41.7 Å².